The van der Waals surface area contributed by atoms with Crippen molar-refractivity contribution in [1.29, 1.82) is 0 Å². The van der Waals surface area contributed by atoms with E-state index in [4.69, 9.17) is 32.7 Å². The number of hydrogen-bond acceptors (Lipinski definition) is 4. The minimum Gasteiger partial charge on any atom is -0.493 e. The molecule has 0 aliphatic heterocycles. The Morgan fingerprint density at radius 3 is 2.47 bits per heavy atom. The quantitative estimate of drug-likeness (QED) is 0.565. The Kier molecular flexibility index (Phi) is 4.70. The van der Waals surface area contributed by atoms with Crippen LogP contribution in [0, 0.1) is 3.57 Å². The average molecular weight is 411 g/mol. The van der Waals surface area contributed by atoms with Gasteiger partial charge < -0.3 is 9.47 Å². The summed E-state index contributed by atoms with van der Waals surface area (Å²) in [7, 11) is 3.07. The molecule has 0 spiro atoms. The molecule has 1 aromatic heterocycles. The van der Waals surface area contributed by atoms with Crippen LogP contribution in [0.5, 0.6) is 11.5 Å². The lowest BCUT2D eigenvalue weighted by atomic mass is 10.2. The molecular weight excluding hydrogens is 402 g/mol. The standard InChI is InChI=1S/C12H9Cl2IN2O2/c1-18-8-4-3-6(9(13)10(8)19-2)12-16-5-7(15)11(14)17-12/h3-5H,1-2H3. The van der Waals surface area contributed by atoms with Gasteiger partial charge in [-0.15, -0.1) is 0 Å². The maximum Gasteiger partial charge on any atom is 0.180 e. The second-order valence-corrected chi connectivity index (χ2v) is 5.39. The van der Waals surface area contributed by atoms with Crippen molar-refractivity contribution in [3.05, 3.63) is 32.1 Å². The Hall–Kier alpha value is -0.790. The van der Waals surface area contributed by atoms with E-state index in [0.29, 0.717) is 33.1 Å². The van der Waals surface area contributed by atoms with Gasteiger partial charge in [-0.1, -0.05) is 23.2 Å². The third-order valence-electron chi connectivity index (χ3n) is 2.43. The van der Waals surface area contributed by atoms with Gasteiger partial charge >= 0.3 is 0 Å². The molecule has 0 saturated heterocycles. The minimum atomic E-state index is 0.386. The first-order valence-corrected chi connectivity index (χ1v) is 7.00. The Bertz CT molecular complexity index is 623. The number of aromatic nitrogens is 2. The highest BCUT2D eigenvalue weighted by molar-refractivity contribution is 14.1. The summed E-state index contributed by atoms with van der Waals surface area (Å²) in [6, 6.07) is 3.51. The van der Waals surface area contributed by atoms with E-state index >= 15 is 0 Å². The lowest BCUT2D eigenvalue weighted by Gasteiger charge is -2.12. The number of benzene rings is 1. The van der Waals surface area contributed by atoms with Crippen LogP contribution < -0.4 is 9.47 Å². The number of hydrogen-bond donors (Lipinski definition) is 0. The normalized spacial score (nSPS) is 10.4. The zero-order chi connectivity index (χ0) is 14.0. The molecule has 4 nitrogen and oxygen atoms in total. The molecule has 0 radical (unpaired) electrons. The van der Waals surface area contributed by atoms with Crippen LogP contribution in [0.3, 0.4) is 0 Å². The summed E-state index contributed by atoms with van der Waals surface area (Å²) in [6.07, 6.45) is 1.64. The zero-order valence-electron chi connectivity index (χ0n) is 10.1. The minimum absolute atomic E-state index is 0.386. The Morgan fingerprint density at radius 1 is 1.16 bits per heavy atom. The third-order valence-corrected chi connectivity index (χ3v) is 4.20. The first-order valence-electron chi connectivity index (χ1n) is 5.17. The maximum atomic E-state index is 6.29. The van der Waals surface area contributed by atoms with Gasteiger partial charge in [-0.3, -0.25) is 0 Å². The van der Waals surface area contributed by atoms with Gasteiger partial charge in [0.1, 0.15) is 5.15 Å². The zero-order valence-corrected chi connectivity index (χ0v) is 13.7. The number of methoxy groups -OCH3 is 2. The van der Waals surface area contributed by atoms with Gasteiger partial charge in [0.2, 0.25) is 0 Å². The monoisotopic (exact) mass is 410 g/mol. The molecule has 0 N–H and O–H groups in total. The van der Waals surface area contributed by atoms with Crippen LogP contribution in [0.25, 0.3) is 11.4 Å². The van der Waals surface area contributed by atoms with Crippen molar-refractivity contribution in [3.8, 4) is 22.9 Å². The highest BCUT2D eigenvalue weighted by Crippen LogP contribution is 2.40. The summed E-state index contributed by atoms with van der Waals surface area (Å²) in [5.41, 5.74) is 0.637. The lowest BCUT2D eigenvalue weighted by Crippen LogP contribution is -1.96. The molecular formula is C12H9Cl2IN2O2. The lowest BCUT2D eigenvalue weighted by molar-refractivity contribution is 0.355. The van der Waals surface area contributed by atoms with E-state index in [9.17, 15) is 0 Å². The van der Waals surface area contributed by atoms with E-state index in [1.165, 1.54) is 7.11 Å². The van der Waals surface area contributed by atoms with Crippen molar-refractivity contribution in [2.75, 3.05) is 14.2 Å². The SMILES string of the molecule is COc1ccc(-c2ncc(I)c(Cl)n2)c(Cl)c1OC. The van der Waals surface area contributed by atoms with Crippen molar-refractivity contribution in [2.24, 2.45) is 0 Å². The van der Waals surface area contributed by atoms with Crippen LogP contribution in [0.15, 0.2) is 18.3 Å². The molecule has 100 valence electrons. The van der Waals surface area contributed by atoms with E-state index in [1.807, 2.05) is 0 Å². The predicted molar refractivity (Wildman–Crippen MR) is 83.3 cm³/mol. The highest BCUT2D eigenvalue weighted by atomic mass is 127. The average Bonchev–Trinajstić information content (AvgIpc) is 2.41. The molecule has 0 unspecified atom stereocenters. The van der Waals surface area contributed by atoms with Gasteiger partial charge in [-0.05, 0) is 34.7 Å². The molecule has 2 aromatic rings. The molecule has 0 aliphatic rings. The van der Waals surface area contributed by atoms with Crippen molar-refractivity contribution in [3.63, 3.8) is 0 Å². The van der Waals surface area contributed by atoms with Gasteiger partial charge in [-0.25, -0.2) is 9.97 Å². The van der Waals surface area contributed by atoms with Crippen LogP contribution in [0.4, 0.5) is 0 Å². The van der Waals surface area contributed by atoms with Crippen molar-refractivity contribution < 1.29 is 9.47 Å². The van der Waals surface area contributed by atoms with Gasteiger partial charge in [0, 0.05) is 11.8 Å². The predicted octanol–water partition coefficient (Wildman–Crippen LogP) is 4.07. The number of ether oxygens (including phenoxy) is 2. The summed E-state index contributed by atoms with van der Waals surface area (Å²) in [5, 5.41) is 0.774. The van der Waals surface area contributed by atoms with Crippen LogP contribution >= 0.6 is 45.8 Å². The molecule has 0 amide bonds. The van der Waals surface area contributed by atoms with Crippen molar-refractivity contribution in [1.82, 2.24) is 9.97 Å². The second kappa shape index (κ2) is 6.11. The first kappa shape index (κ1) is 14.6. The summed E-state index contributed by atoms with van der Waals surface area (Å²) < 4.78 is 11.2. The number of rotatable bonds is 3. The molecule has 2 rings (SSSR count). The Balaban J connectivity index is 2.59. The van der Waals surface area contributed by atoms with Gasteiger partial charge in [0.25, 0.3) is 0 Å². The molecule has 0 aliphatic carbocycles. The molecule has 7 heteroatoms. The smallest absolute Gasteiger partial charge is 0.180 e. The fraction of sp³-hybridized carbons (Fsp3) is 0.167. The van der Waals surface area contributed by atoms with Crippen molar-refractivity contribution in [2.45, 2.75) is 0 Å². The van der Waals surface area contributed by atoms with E-state index in [-0.39, 0.29) is 0 Å². The summed E-state index contributed by atoms with van der Waals surface area (Å²) >= 11 is 14.3. The Labute approximate surface area is 134 Å². The highest BCUT2D eigenvalue weighted by Gasteiger charge is 2.16. The molecule has 1 heterocycles. The van der Waals surface area contributed by atoms with Gasteiger partial charge in [0.05, 0.1) is 22.8 Å². The van der Waals surface area contributed by atoms with E-state index in [0.717, 1.165) is 3.57 Å². The van der Waals surface area contributed by atoms with E-state index in [2.05, 4.69) is 32.6 Å². The number of nitrogens with zero attached hydrogens (tertiary/aromatic N) is 2. The van der Waals surface area contributed by atoms with Crippen LogP contribution in [0.2, 0.25) is 10.2 Å². The largest absolute Gasteiger partial charge is 0.493 e. The van der Waals surface area contributed by atoms with Crippen LogP contribution in [-0.2, 0) is 0 Å². The second-order valence-electron chi connectivity index (χ2n) is 3.49. The molecule has 0 bridgehead atoms. The summed E-state index contributed by atoms with van der Waals surface area (Å²) in [6.45, 7) is 0. The maximum absolute atomic E-state index is 6.29. The molecule has 1 aromatic carbocycles. The van der Waals surface area contributed by atoms with Gasteiger partial charge in [-0.2, -0.15) is 0 Å². The molecule has 0 atom stereocenters. The topological polar surface area (TPSA) is 44.2 Å². The molecule has 0 saturated carbocycles. The summed E-state index contributed by atoms with van der Waals surface area (Å²) in [5.74, 6) is 1.43. The molecule has 0 fully saturated rings. The number of halogens is 3. The van der Waals surface area contributed by atoms with E-state index in [1.54, 1.807) is 25.4 Å². The fourth-order valence-corrected chi connectivity index (χ4v) is 2.24. The van der Waals surface area contributed by atoms with Crippen molar-refractivity contribution >= 4 is 45.8 Å². The van der Waals surface area contributed by atoms with Crippen LogP contribution in [0.1, 0.15) is 0 Å². The van der Waals surface area contributed by atoms with Crippen LogP contribution in [-0.4, -0.2) is 24.2 Å². The van der Waals surface area contributed by atoms with Gasteiger partial charge in [0.15, 0.2) is 17.3 Å². The Morgan fingerprint density at radius 2 is 1.89 bits per heavy atom. The molecule has 19 heavy (non-hydrogen) atoms. The first-order chi connectivity index (χ1) is 9.08. The third kappa shape index (κ3) is 2.88. The summed E-state index contributed by atoms with van der Waals surface area (Å²) in [4.78, 5) is 8.42. The van der Waals surface area contributed by atoms with E-state index < -0.39 is 0 Å². The fourth-order valence-electron chi connectivity index (χ4n) is 1.54.